The normalized spacial score (nSPS) is 19.6. The lowest BCUT2D eigenvalue weighted by atomic mass is 10.1. The number of hydrogen-bond donors (Lipinski definition) is 1. The first-order valence-corrected chi connectivity index (χ1v) is 7.38. The van der Waals surface area contributed by atoms with Gasteiger partial charge in [-0.1, -0.05) is 6.58 Å². The van der Waals surface area contributed by atoms with Crippen molar-refractivity contribution in [2.75, 3.05) is 49.2 Å². The summed E-state index contributed by atoms with van der Waals surface area (Å²) in [6.45, 7) is 8.16. The van der Waals surface area contributed by atoms with Crippen molar-refractivity contribution in [1.82, 2.24) is 14.7 Å². The number of nitrogens with zero attached hydrogens (tertiary/aromatic N) is 4. The minimum absolute atomic E-state index is 0.130. The smallest absolute Gasteiger partial charge is 0.243 e. The molecule has 2 aliphatic heterocycles. The lowest BCUT2D eigenvalue weighted by Gasteiger charge is -2.38. The molecule has 1 aromatic rings. The van der Waals surface area contributed by atoms with Gasteiger partial charge in [0.1, 0.15) is 0 Å². The second-order valence-electron chi connectivity index (χ2n) is 4.79. The van der Waals surface area contributed by atoms with Crippen molar-refractivity contribution in [3.8, 4) is 0 Å². The van der Waals surface area contributed by atoms with Crippen LogP contribution in [-0.2, 0) is 9.53 Å². The predicted molar refractivity (Wildman–Crippen MR) is 77.3 cm³/mol. The highest BCUT2D eigenvalue weighted by molar-refractivity contribution is 7.09. The van der Waals surface area contributed by atoms with Gasteiger partial charge in [-0.2, -0.15) is 9.36 Å². The Labute approximate surface area is 121 Å². The molecule has 0 aliphatic carbocycles. The minimum atomic E-state index is -0.130. The van der Waals surface area contributed by atoms with Gasteiger partial charge in [0.2, 0.25) is 17.0 Å². The lowest BCUT2D eigenvalue weighted by molar-refractivity contribution is -0.117. The zero-order chi connectivity index (χ0) is 13.9. The van der Waals surface area contributed by atoms with Crippen LogP contribution < -0.4 is 15.1 Å². The average Bonchev–Trinajstić information content (AvgIpc) is 2.92. The zero-order valence-electron chi connectivity index (χ0n) is 11.1. The molecule has 3 heterocycles. The molecule has 0 bridgehead atoms. The molecular formula is C12H17N5O2S. The highest BCUT2D eigenvalue weighted by atomic mass is 32.1. The van der Waals surface area contributed by atoms with Crippen LogP contribution in [0.25, 0.3) is 0 Å². The largest absolute Gasteiger partial charge is 0.378 e. The first kappa shape index (κ1) is 13.3. The Morgan fingerprint density at radius 2 is 2.15 bits per heavy atom. The van der Waals surface area contributed by atoms with E-state index < -0.39 is 0 Å². The number of morpholine rings is 1. The molecule has 1 N–H and O–H groups in total. The Balaban J connectivity index is 1.53. The highest BCUT2D eigenvalue weighted by Crippen LogP contribution is 2.25. The van der Waals surface area contributed by atoms with Gasteiger partial charge in [-0.25, -0.2) is 0 Å². The fourth-order valence-corrected chi connectivity index (χ4v) is 2.95. The van der Waals surface area contributed by atoms with E-state index in [2.05, 4.69) is 31.1 Å². The number of hydrogen-bond acceptors (Lipinski definition) is 7. The molecule has 0 atom stereocenters. The van der Waals surface area contributed by atoms with Crippen molar-refractivity contribution in [2.45, 2.75) is 6.04 Å². The van der Waals surface area contributed by atoms with Crippen LogP contribution in [0.3, 0.4) is 0 Å². The van der Waals surface area contributed by atoms with Crippen molar-refractivity contribution in [3.63, 3.8) is 0 Å². The third-order valence-corrected chi connectivity index (χ3v) is 4.15. The number of amides is 1. The van der Waals surface area contributed by atoms with Gasteiger partial charge in [-0.05, 0) is 6.08 Å². The van der Waals surface area contributed by atoms with E-state index in [-0.39, 0.29) is 11.9 Å². The summed E-state index contributed by atoms with van der Waals surface area (Å²) in [5.41, 5.74) is 0. The van der Waals surface area contributed by atoms with E-state index in [1.54, 1.807) is 0 Å². The SMILES string of the molecule is C=CC(=O)NC1CN(c2nsc(N3CCOCC3)n2)C1. The topological polar surface area (TPSA) is 70.6 Å². The fourth-order valence-electron chi connectivity index (χ4n) is 2.21. The molecule has 0 saturated carbocycles. The maximum Gasteiger partial charge on any atom is 0.243 e. The molecule has 108 valence electrons. The molecule has 0 radical (unpaired) electrons. The molecule has 2 saturated heterocycles. The van der Waals surface area contributed by atoms with E-state index in [9.17, 15) is 4.79 Å². The average molecular weight is 295 g/mol. The van der Waals surface area contributed by atoms with Crippen molar-refractivity contribution < 1.29 is 9.53 Å². The van der Waals surface area contributed by atoms with Crippen molar-refractivity contribution in [1.29, 1.82) is 0 Å². The number of carbonyl (C=O) groups is 1. The fraction of sp³-hybridized carbons (Fsp3) is 0.583. The number of ether oxygens (including phenoxy) is 1. The molecule has 0 unspecified atom stereocenters. The van der Waals surface area contributed by atoms with Gasteiger partial charge in [-0.15, -0.1) is 0 Å². The van der Waals surface area contributed by atoms with E-state index >= 15 is 0 Å². The predicted octanol–water partition coefficient (Wildman–Crippen LogP) is -0.134. The molecule has 20 heavy (non-hydrogen) atoms. The van der Waals surface area contributed by atoms with E-state index in [0.29, 0.717) is 0 Å². The third kappa shape index (κ3) is 2.75. The summed E-state index contributed by atoms with van der Waals surface area (Å²) < 4.78 is 9.71. The first-order chi connectivity index (χ1) is 9.76. The zero-order valence-corrected chi connectivity index (χ0v) is 11.9. The second-order valence-corrected chi connectivity index (χ2v) is 5.52. The number of carbonyl (C=O) groups excluding carboxylic acids is 1. The standard InChI is InChI=1S/C12H17N5O2S/c1-2-10(18)13-9-7-17(8-9)11-14-12(20-15-11)16-3-5-19-6-4-16/h2,9H,1,3-8H2,(H,13,18). The van der Waals surface area contributed by atoms with E-state index in [4.69, 9.17) is 4.74 Å². The van der Waals surface area contributed by atoms with Crippen LogP contribution in [0.4, 0.5) is 11.1 Å². The van der Waals surface area contributed by atoms with Crippen molar-refractivity contribution in [3.05, 3.63) is 12.7 Å². The Hall–Kier alpha value is -1.67. The molecule has 1 amide bonds. The Bertz CT molecular complexity index is 494. The number of anilines is 2. The maximum atomic E-state index is 11.2. The molecular weight excluding hydrogens is 278 g/mol. The minimum Gasteiger partial charge on any atom is -0.378 e. The summed E-state index contributed by atoms with van der Waals surface area (Å²) in [5.74, 6) is 0.621. The van der Waals surface area contributed by atoms with Crippen molar-refractivity contribution >= 4 is 28.5 Å². The molecule has 0 spiro atoms. The molecule has 3 rings (SSSR count). The molecule has 2 fully saturated rings. The van der Waals surface area contributed by atoms with Crippen LogP contribution >= 0.6 is 11.5 Å². The van der Waals surface area contributed by atoms with E-state index in [0.717, 1.165) is 50.5 Å². The number of rotatable bonds is 4. The second kappa shape index (κ2) is 5.76. The van der Waals surface area contributed by atoms with Gasteiger partial charge in [0.05, 0.1) is 19.3 Å². The van der Waals surface area contributed by atoms with Crippen LogP contribution in [0, 0.1) is 0 Å². The molecule has 1 aromatic heterocycles. The number of nitrogens with one attached hydrogen (secondary N) is 1. The quantitative estimate of drug-likeness (QED) is 0.780. The Kier molecular flexibility index (Phi) is 3.83. The van der Waals surface area contributed by atoms with Gasteiger partial charge in [0.25, 0.3) is 0 Å². The summed E-state index contributed by atoms with van der Waals surface area (Å²) in [5, 5.41) is 3.80. The van der Waals surface area contributed by atoms with E-state index in [1.165, 1.54) is 17.6 Å². The molecule has 2 aliphatic rings. The third-order valence-electron chi connectivity index (χ3n) is 3.38. The van der Waals surface area contributed by atoms with Gasteiger partial charge in [-0.3, -0.25) is 4.79 Å². The summed E-state index contributed by atoms with van der Waals surface area (Å²) >= 11 is 1.42. The maximum absolute atomic E-state index is 11.2. The van der Waals surface area contributed by atoms with Gasteiger partial charge in [0.15, 0.2) is 0 Å². The van der Waals surface area contributed by atoms with Crippen LogP contribution in [0.5, 0.6) is 0 Å². The molecule has 7 nitrogen and oxygen atoms in total. The number of aromatic nitrogens is 2. The van der Waals surface area contributed by atoms with E-state index in [1.807, 2.05) is 0 Å². The molecule has 8 heteroatoms. The monoisotopic (exact) mass is 295 g/mol. The lowest BCUT2D eigenvalue weighted by Crippen LogP contribution is -2.59. The summed E-state index contributed by atoms with van der Waals surface area (Å²) in [7, 11) is 0. The summed E-state index contributed by atoms with van der Waals surface area (Å²) in [4.78, 5) is 20.0. The highest BCUT2D eigenvalue weighted by Gasteiger charge is 2.30. The van der Waals surface area contributed by atoms with Crippen molar-refractivity contribution in [2.24, 2.45) is 0 Å². The Morgan fingerprint density at radius 1 is 1.40 bits per heavy atom. The van der Waals surface area contributed by atoms with Gasteiger partial charge < -0.3 is 19.9 Å². The van der Waals surface area contributed by atoms with Gasteiger partial charge in [0, 0.05) is 37.7 Å². The van der Waals surface area contributed by atoms with Gasteiger partial charge >= 0.3 is 0 Å². The Morgan fingerprint density at radius 3 is 2.85 bits per heavy atom. The van der Waals surface area contributed by atoms with Crippen LogP contribution in [0.2, 0.25) is 0 Å². The molecule has 0 aromatic carbocycles. The van der Waals surface area contributed by atoms with Crippen LogP contribution in [0.1, 0.15) is 0 Å². The first-order valence-electron chi connectivity index (χ1n) is 6.60. The summed E-state index contributed by atoms with van der Waals surface area (Å²) in [6.07, 6.45) is 1.29. The summed E-state index contributed by atoms with van der Waals surface area (Å²) in [6, 6.07) is 0.163. The van der Waals surface area contributed by atoms with Crippen LogP contribution in [0.15, 0.2) is 12.7 Å². The van der Waals surface area contributed by atoms with Crippen LogP contribution in [-0.4, -0.2) is 60.7 Å².